The number of aromatic nitrogens is 4. The van der Waals surface area contributed by atoms with E-state index in [1.165, 1.54) is 0 Å². The highest BCUT2D eigenvalue weighted by Gasteiger charge is 2.13. The number of fused-ring (bicyclic) bond motifs is 1. The molecule has 0 fully saturated rings. The van der Waals surface area contributed by atoms with Crippen LogP contribution in [0.15, 0.2) is 34.8 Å². The predicted octanol–water partition coefficient (Wildman–Crippen LogP) is 2.43. The third-order valence-electron chi connectivity index (χ3n) is 3.29. The number of amides is 1. The largest absolute Gasteiger partial charge is 0.345 e. The van der Waals surface area contributed by atoms with Gasteiger partial charge in [0.15, 0.2) is 5.82 Å². The highest BCUT2D eigenvalue weighted by molar-refractivity contribution is 9.10. The second-order valence-electron chi connectivity index (χ2n) is 4.95. The maximum Gasteiger partial charge on any atom is 0.255 e. The van der Waals surface area contributed by atoms with Crippen molar-refractivity contribution in [2.75, 3.05) is 0 Å². The molecule has 0 aliphatic carbocycles. The number of hydrogen-bond donors (Lipinski definition) is 1. The Bertz CT molecular complexity index is 858. The van der Waals surface area contributed by atoms with Crippen LogP contribution in [-0.4, -0.2) is 25.5 Å². The van der Waals surface area contributed by atoms with E-state index in [4.69, 9.17) is 0 Å². The zero-order chi connectivity index (χ0) is 15.7. The first kappa shape index (κ1) is 14.6. The first-order valence-electron chi connectivity index (χ1n) is 6.77. The fourth-order valence-corrected chi connectivity index (χ4v) is 2.78. The molecule has 1 aromatic carbocycles. The summed E-state index contributed by atoms with van der Waals surface area (Å²) in [6.07, 6.45) is 0. The minimum atomic E-state index is -0.165. The maximum absolute atomic E-state index is 12.2. The summed E-state index contributed by atoms with van der Waals surface area (Å²) < 4.78 is 2.60. The lowest BCUT2D eigenvalue weighted by Crippen LogP contribution is -2.24. The van der Waals surface area contributed by atoms with Crippen molar-refractivity contribution in [2.24, 2.45) is 0 Å². The summed E-state index contributed by atoms with van der Waals surface area (Å²) in [5.41, 5.74) is 2.46. The zero-order valence-corrected chi connectivity index (χ0v) is 13.8. The minimum Gasteiger partial charge on any atom is -0.345 e. The number of carbonyl (C=O) groups excluding carboxylic acids is 1. The van der Waals surface area contributed by atoms with Crippen LogP contribution in [0.3, 0.4) is 0 Å². The van der Waals surface area contributed by atoms with Crippen LogP contribution in [0.25, 0.3) is 5.78 Å². The molecule has 0 unspecified atom stereocenters. The normalized spacial score (nSPS) is 10.9. The highest BCUT2D eigenvalue weighted by Crippen LogP contribution is 2.15. The van der Waals surface area contributed by atoms with Crippen LogP contribution in [0.2, 0.25) is 0 Å². The number of carbonyl (C=O) groups is 1. The quantitative estimate of drug-likeness (QED) is 0.779. The molecule has 0 saturated heterocycles. The molecule has 6 nitrogen and oxygen atoms in total. The molecule has 112 valence electrons. The highest BCUT2D eigenvalue weighted by atomic mass is 79.9. The van der Waals surface area contributed by atoms with Gasteiger partial charge in [-0.25, -0.2) is 4.98 Å². The van der Waals surface area contributed by atoms with Gasteiger partial charge in [0.2, 0.25) is 0 Å². The van der Waals surface area contributed by atoms with Crippen molar-refractivity contribution in [1.82, 2.24) is 24.9 Å². The summed E-state index contributed by atoms with van der Waals surface area (Å²) in [4.78, 5) is 16.5. The summed E-state index contributed by atoms with van der Waals surface area (Å²) in [6, 6.07) is 9.23. The Morgan fingerprint density at radius 3 is 2.82 bits per heavy atom. The number of nitrogens with one attached hydrogen (secondary N) is 1. The Labute approximate surface area is 135 Å². The standard InChI is InChI=1S/C15H14BrN5O/c1-9-7-10(2)21-13(19-20-15(21)18-9)8-17-14(22)11-5-3-4-6-12(11)16/h3-7H,8H2,1-2H3,(H,17,22). The van der Waals surface area contributed by atoms with Gasteiger partial charge in [-0.1, -0.05) is 12.1 Å². The van der Waals surface area contributed by atoms with E-state index < -0.39 is 0 Å². The smallest absolute Gasteiger partial charge is 0.255 e. The number of aryl methyl sites for hydroxylation is 2. The van der Waals surface area contributed by atoms with Gasteiger partial charge >= 0.3 is 0 Å². The van der Waals surface area contributed by atoms with Crippen molar-refractivity contribution in [2.45, 2.75) is 20.4 Å². The van der Waals surface area contributed by atoms with Crippen molar-refractivity contribution in [3.8, 4) is 0 Å². The van der Waals surface area contributed by atoms with E-state index in [9.17, 15) is 4.79 Å². The molecule has 0 aliphatic heterocycles. The molecule has 2 aromatic heterocycles. The molecule has 0 saturated carbocycles. The molecule has 2 heterocycles. The molecule has 3 aromatic rings. The molecule has 3 rings (SSSR count). The fraction of sp³-hybridized carbons (Fsp3) is 0.200. The van der Waals surface area contributed by atoms with Crippen molar-refractivity contribution in [3.05, 3.63) is 57.6 Å². The molecule has 1 amide bonds. The average molecular weight is 360 g/mol. The fourth-order valence-electron chi connectivity index (χ4n) is 2.31. The first-order valence-corrected chi connectivity index (χ1v) is 7.56. The van der Waals surface area contributed by atoms with Crippen molar-refractivity contribution >= 4 is 27.6 Å². The molecule has 0 aliphatic rings. The lowest BCUT2D eigenvalue weighted by atomic mass is 10.2. The van der Waals surface area contributed by atoms with Crippen LogP contribution in [0.4, 0.5) is 0 Å². The molecular weight excluding hydrogens is 346 g/mol. The van der Waals surface area contributed by atoms with Crippen LogP contribution in [0.5, 0.6) is 0 Å². The molecule has 1 N–H and O–H groups in total. The van der Waals surface area contributed by atoms with E-state index in [2.05, 4.69) is 36.4 Å². The van der Waals surface area contributed by atoms with Gasteiger partial charge in [-0.15, -0.1) is 10.2 Å². The topological polar surface area (TPSA) is 72.2 Å². The molecule has 7 heteroatoms. The van der Waals surface area contributed by atoms with E-state index in [0.717, 1.165) is 15.9 Å². The first-order chi connectivity index (χ1) is 10.6. The molecule has 0 atom stereocenters. The van der Waals surface area contributed by atoms with Gasteiger partial charge in [0.1, 0.15) is 0 Å². The van der Waals surface area contributed by atoms with Crippen LogP contribution in [0.1, 0.15) is 27.6 Å². The van der Waals surface area contributed by atoms with E-state index in [0.29, 0.717) is 17.2 Å². The van der Waals surface area contributed by atoms with Gasteiger partial charge in [0, 0.05) is 15.9 Å². The maximum atomic E-state index is 12.2. The van der Waals surface area contributed by atoms with Gasteiger partial charge in [0.05, 0.1) is 12.1 Å². The number of hydrogen-bond acceptors (Lipinski definition) is 4. The molecule has 0 radical (unpaired) electrons. The van der Waals surface area contributed by atoms with Gasteiger partial charge in [-0.05, 0) is 48.0 Å². The van der Waals surface area contributed by atoms with Crippen LogP contribution in [0, 0.1) is 13.8 Å². The minimum absolute atomic E-state index is 0.165. The Balaban J connectivity index is 1.83. The molecular formula is C15H14BrN5O. The Morgan fingerprint density at radius 2 is 2.05 bits per heavy atom. The molecule has 22 heavy (non-hydrogen) atoms. The van der Waals surface area contributed by atoms with Crippen molar-refractivity contribution in [1.29, 1.82) is 0 Å². The summed E-state index contributed by atoms with van der Waals surface area (Å²) in [7, 11) is 0. The third-order valence-corrected chi connectivity index (χ3v) is 3.98. The average Bonchev–Trinajstić information content (AvgIpc) is 2.88. The summed E-state index contributed by atoms with van der Waals surface area (Å²) in [5, 5.41) is 11.0. The zero-order valence-electron chi connectivity index (χ0n) is 12.2. The van der Waals surface area contributed by atoms with Crippen molar-refractivity contribution in [3.63, 3.8) is 0 Å². The van der Waals surface area contributed by atoms with E-state index in [1.54, 1.807) is 6.07 Å². The number of halogens is 1. The van der Waals surface area contributed by atoms with Crippen LogP contribution >= 0.6 is 15.9 Å². The molecule has 0 spiro atoms. The van der Waals surface area contributed by atoms with Gasteiger partial charge in [-0.2, -0.15) is 0 Å². The second-order valence-corrected chi connectivity index (χ2v) is 5.81. The predicted molar refractivity (Wildman–Crippen MR) is 85.6 cm³/mol. The summed E-state index contributed by atoms with van der Waals surface area (Å²) in [6.45, 7) is 4.16. The molecule has 0 bridgehead atoms. The number of rotatable bonds is 3. The van der Waals surface area contributed by atoms with Gasteiger partial charge in [0.25, 0.3) is 11.7 Å². The van der Waals surface area contributed by atoms with Gasteiger partial charge in [-0.3, -0.25) is 9.20 Å². The van der Waals surface area contributed by atoms with Crippen LogP contribution < -0.4 is 5.32 Å². The van der Waals surface area contributed by atoms with E-state index >= 15 is 0 Å². The van der Waals surface area contributed by atoms with Crippen LogP contribution in [-0.2, 0) is 6.54 Å². The van der Waals surface area contributed by atoms with Gasteiger partial charge < -0.3 is 5.32 Å². The SMILES string of the molecule is Cc1cc(C)n2c(CNC(=O)c3ccccc3Br)nnc2n1. The Kier molecular flexibility index (Phi) is 3.89. The summed E-state index contributed by atoms with van der Waals surface area (Å²) >= 11 is 3.37. The summed E-state index contributed by atoms with van der Waals surface area (Å²) in [5.74, 6) is 1.03. The monoisotopic (exact) mass is 359 g/mol. The number of nitrogens with zero attached hydrogens (tertiary/aromatic N) is 4. The van der Waals surface area contributed by atoms with Crippen molar-refractivity contribution < 1.29 is 4.79 Å². The van der Waals surface area contributed by atoms with E-state index in [-0.39, 0.29) is 12.5 Å². The Morgan fingerprint density at radius 1 is 1.27 bits per heavy atom. The Hall–Kier alpha value is -2.28. The van der Waals surface area contributed by atoms with E-state index in [1.807, 2.05) is 42.5 Å². The number of benzene rings is 1. The lowest BCUT2D eigenvalue weighted by Gasteiger charge is -2.07. The third kappa shape index (κ3) is 2.71. The lowest BCUT2D eigenvalue weighted by molar-refractivity contribution is 0.0949. The second kappa shape index (κ2) is 5.84.